The molecule has 6 heteroatoms. The summed E-state index contributed by atoms with van der Waals surface area (Å²) in [6, 6.07) is 12.1. The molecular formula is C30H30FNO4. The van der Waals surface area contributed by atoms with Gasteiger partial charge in [0, 0.05) is 47.0 Å². The van der Waals surface area contributed by atoms with Crippen LogP contribution in [0.15, 0.2) is 65.0 Å². The van der Waals surface area contributed by atoms with E-state index in [0.29, 0.717) is 48.3 Å². The highest BCUT2D eigenvalue weighted by atomic mass is 19.1. The number of hydrogen-bond acceptors (Lipinski definition) is 5. The first kappa shape index (κ1) is 23.0. The molecule has 0 saturated carbocycles. The van der Waals surface area contributed by atoms with E-state index in [-0.39, 0.29) is 35.0 Å². The van der Waals surface area contributed by atoms with Gasteiger partial charge < -0.3 is 14.4 Å². The Kier molecular flexibility index (Phi) is 4.98. The maximum absolute atomic E-state index is 13.9. The highest BCUT2D eigenvalue weighted by molar-refractivity contribution is 6.08. The fraction of sp³-hybridized carbons (Fsp3) is 0.400. The molecule has 186 valence electrons. The van der Waals surface area contributed by atoms with Crippen LogP contribution < -0.4 is 14.4 Å². The Morgan fingerprint density at radius 1 is 0.778 bits per heavy atom. The predicted octanol–water partition coefficient (Wildman–Crippen LogP) is 6.44. The highest BCUT2D eigenvalue weighted by Crippen LogP contribution is 2.56. The molecule has 0 spiro atoms. The van der Waals surface area contributed by atoms with E-state index in [9.17, 15) is 14.0 Å². The van der Waals surface area contributed by atoms with Crippen molar-refractivity contribution < 1.29 is 23.5 Å². The first-order chi connectivity index (χ1) is 17.0. The van der Waals surface area contributed by atoms with Crippen LogP contribution in [0.5, 0.6) is 11.5 Å². The Labute approximate surface area is 210 Å². The third kappa shape index (κ3) is 3.66. The van der Waals surface area contributed by atoms with Gasteiger partial charge in [-0.1, -0.05) is 33.8 Å². The smallest absolute Gasteiger partial charge is 0.231 e. The zero-order valence-electron chi connectivity index (χ0n) is 21.1. The summed E-state index contributed by atoms with van der Waals surface area (Å²) in [7, 11) is 0. The Morgan fingerprint density at radius 3 is 1.92 bits per heavy atom. The van der Waals surface area contributed by atoms with E-state index in [1.807, 2.05) is 18.2 Å². The van der Waals surface area contributed by atoms with Gasteiger partial charge in [0.1, 0.15) is 5.82 Å². The SMILES string of the molecule is CC1(C)CC(=O)C2=C(C1)N(c1ccc(F)cc1)C1=C(C(=O)CC(C)(C)C1)C2c1ccc2c(c1)OCO2. The van der Waals surface area contributed by atoms with Crippen LogP contribution in [0.4, 0.5) is 10.1 Å². The number of nitrogens with zero attached hydrogens (tertiary/aromatic N) is 1. The highest BCUT2D eigenvalue weighted by Gasteiger charge is 2.49. The topological polar surface area (TPSA) is 55.8 Å². The molecule has 6 rings (SSSR count). The predicted molar refractivity (Wildman–Crippen MR) is 134 cm³/mol. The minimum Gasteiger partial charge on any atom is -0.454 e. The molecule has 2 aromatic rings. The van der Waals surface area contributed by atoms with Crippen LogP contribution in [0, 0.1) is 16.6 Å². The van der Waals surface area contributed by atoms with Gasteiger partial charge in [0.05, 0.1) is 0 Å². The molecule has 0 bridgehead atoms. The van der Waals surface area contributed by atoms with Gasteiger partial charge in [-0.25, -0.2) is 4.39 Å². The Balaban J connectivity index is 1.64. The molecule has 0 saturated heterocycles. The van der Waals surface area contributed by atoms with Gasteiger partial charge in [0.2, 0.25) is 6.79 Å². The quantitative estimate of drug-likeness (QED) is 0.488. The first-order valence-electron chi connectivity index (χ1n) is 12.5. The molecule has 0 unspecified atom stereocenters. The summed E-state index contributed by atoms with van der Waals surface area (Å²) in [4.78, 5) is 29.8. The second-order valence-corrected chi connectivity index (χ2v) is 12.0. The number of halogens is 1. The number of allylic oxidation sites excluding steroid dienone is 4. The number of hydrogen-bond donors (Lipinski definition) is 0. The van der Waals surface area contributed by atoms with Gasteiger partial charge in [0.25, 0.3) is 0 Å². The molecule has 0 fully saturated rings. The van der Waals surface area contributed by atoms with Gasteiger partial charge in [-0.3, -0.25) is 9.59 Å². The summed E-state index contributed by atoms with van der Waals surface area (Å²) in [6.07, 6.45) is 2.18. The second kappa shape index (κ2) is 7.79. The van der Waals surface area contributed by atoms with E-state index >= 15 is 0 Å². The molecule has 0 amide bonds. The normalized spacial score (nSPS) is 22.6. The summed E-state index contributed by atoms with van der Waals surface area (Å²) < 4.78 is 25.1. The van der Waals surface area contributed by atoms with Crippen molar-refractivity contribution >= 4 is 17.3 Å². The molecule has 2 aromatic carbocycles. The summed E-state index contributed by atoms with van der Waals surface area (Å²) in [5, 5.41) is 0. The van der Waals surface area contributed by atoms with Crippen LogP contribution in [0.3, 0.4) is 0 Å². The van der Waals surface area contributed by atoms with Gasteiger partial charge in [-0.15, -0.1) is 0 Å². The van der Waals surface area contributed by atoms with Crippen molar-refractivity contribution in [3.05, 3.63) is 76.4 Å². The van der Waals surface area contributed by atoms with Crippen LogP contribution in [-0.4, -0.2) is 18.4 Å². The lowest BCUT2D eigenvalue weighted by atomic mass is 9.63. The van der Waals surface area contributed by atoms with Crippen molar-refractivity contribution in [3.63, 3.8) is 0 Å². The van der Waals surface area contributed by atoms with Crippen molar-refractivity contribution in [1.29, 1.82) is 0 Å². The number of ether oxygens (including phenoxy) is 2. The van der Waals surface area contributed by atoms with Crippen LogP contribution in [0.2, 0.25) is 0 Å². The van der Waals surface area contributed by atoms with Crippen LogP contribution >= 0.6 is 0 Å². The fourth-order valence-corrected chi connectivity index (χ4v) is 6.29. The zero-order chi connectivity index (χ0) is 25.4. The lowest BCUT2D eigenvalue weighted by Crippen LogP contribution is -2.44. The fourth-order valence-electron chi connectivity index (χ4n) is 6.29. The van der Waals surface area contributed by atoms with Crippen molar-refractivity contribution in [2.45, 2.75) is 59.3 Å². The molecule has 0 aromatic heterocycles. The third-order valence-electron chi connectivity index (χ3n) is 7.72. The van der Waals surface area contributed by atoms with E-state index in [1.165, 1.54) is 12.1 Å². The molecule has 0 atom stereocenters. The molecule has 4 aliphatic rings. The number of benzene rings is 2. The van der Waals surface area contributed by atoms with Crippen molar-refractivity contribution in [2.75, 3.05) is 11.7 Å². The average Bonchev–Trinajstić information content (AvgIpc) is 3.25. The number of fused-ring (bicyclic) bond motifs is 1. The summed E-state index contributed by atoms with van der Waals surface area (Å²) in [5.74, 6) is 0.620. The number of Topliss-reactive ketones (excluding diaryl/α,β-unsaturated/α-hetero) is 2. The van der Waals surface area contributed by atoms with Gasteiger partial charge in [-0.05, 0) is 65.6 Å². The number of ketones is 2. The standard InChI is InChI=1S/C30H30FNO4/c1-29(2)12-20-27(22(33)14-29)26(17-5-10-24-25(11-17)36-16-35-24)28-21(13-30(3,4)15-23(28)34)32(20)19-8-6-18(31)7-9-19/h5-11,26H,12-16H2,1-4H3. The van der Waals surface area contributed by atoms with E-state index in [2.05, 4.69) is 32.6 Å². The number of anilines is 1. The zero-order valence-corrected chi connectivity index (χ0v) is 21.1. The summed E-state index contributed by atoms with van der Waals surface area (Å²) in [6.45, 7) is 8.57. The van der Waals surface area contributed by atoms with Crippen LogP contribution in [0.25, 0.3) is 0 Å². The third-order valence-corrected chi connectivity index (χ3v) is 7.72. The van der Waals surface area contributed by atoms with Gasteiger partial charge >= 0.3 is 0 Å². The van der Waals surface area contributed by atoms with Crippen molar-refractivity contribution in [2.24, 2.45) is 10.8 Å². The first-order valence-corrected chi connectivity index (χ1v) is 12.5. The molecule has 5 nitrogen and oxygen atoms in total. The van der Waals surface area contributed by atoms with Gasteiger partial charge in [-0.2, -0.15) is 0 Å². The monoisotopic (exact) mass is 487 g/mol. The van der Waals surface area contributed by atoms with Crippen LogP contribution in [0.1, 0.15) is 64.9 Å². The summed E-state index contributed by atoms with van der Waals surface area (Å²) >= 11 is 0. The lowest BCUT2D eigenvalue weighted by Gasteiger charge is -2.49. The van der Waals surface area contributed by atoms with Crippen molar-refractivity contribution in [1.82, 2.24) is 0 Å². The molecule has 2 aliphatic heterocycles. The molecule has 2 heterocycles. The molecular weight excluding hydrogens is 457 g/mol. The maximum Gasteiger partial charge on any atom is 0.231 e. The maximum atomic E-state index is 13.9. The lowest BCUT2D eigenvalue weighted by molar-refractivity contribution is -0.119. The van der Waals surface area contributed by atoms with Crippen molar-refractivity contribution in [3.8, 4) is 11.5 Å². The number of carbonyl (C=O) groups excluding carboxylic acids is 2. The Bertz CT molecular complexity index is 1310. The number of carbonyl (C=O) groups is 2. The second-order valence-electron chi connectivity index (χ2n) is 12.0. The van der Waals surface area contributed by atoms with Gasteiger partial charge in [0.15, 0.2) is 23.1 Å². The molecule has 2 aliphatic carbocycles. The Morgan fingerprint density at radius 2 is 1.33 bits per heavy atom. The average molecular weight is 488 g/mol. The molecule has 0 N–H and O–H groups in total. The molecule has 36 heavy (non-hydrogen) atoms. The minimum absolute atomic E-state index is 0.0558. The minimum atomic E-state index is -0.464. The van der Waals surface area contributed by atoms with Crippen LogP contribution in [-0.2, 0) is 9.59 Å². The largest absolute Gasteiger partial charge is 0.454 e. The number of rotatable bonds is 2. The van der Waals surface area contributed by atoms with E-state index < -0.39 is 5.92 Å². The Hall–Kier alpha value is -3.41. The van der Waals surface area contributed by atoms with E-state index in [0.717, 1.165) is 22.6 Å². The van der Waals surface area contributed by atoms with E-state index in [4.69, 9.17) is 9.47 Å². The van der Waals surface area contributed by atoms with E-state index in [1.54, 1.807) is 12.1 Å². The molecule has 0 radical (unpaired) electrons. The summed E-state index contributed by atoms with van der Waals surface area (Å²) in [5.41, 5.74) is 4.33.